The quantitative estimate of drug-likeness (QED) is 0.534. The summed E-state index contributed by atoms with van der Waals surface area (Å²) in [6.07, 6.45) is 0. The van der Waals surface area contributed by atoms with Crippen LogP contribution in [0.25, 0.3) is 0 Å². The molecule has 0 bridgehead atoms. The largest absolute Gasteiger partial charge is 0.467 e. The summed E-state index contributed by atoms with van der Waals surface area (Å²) in [4.78, 5) is 0. The van der Waals surface area contributed by atoms with Crippen molar-refractivity contribution in [3.63, 3.8) is 0 Å². The summed E-state index contributed by atoms with van der Waals surface area (Å²) in [7, 11) is 0. The van der Waals surface area contributed by atoms with Crippen molar-refractivity contribution in [3.05, 3.63) is 29.8 Å². The fourth-order valence-corrected chi connectivity index (χ4v) is 0.957. The smallest absolute Gasteiger partial charge is 0.189 e. The van der Waals surface area contributed by atoms with Gasteiger partial charge in [-0.2, -0.15) is 0 Å². The van der Waals surface area contributed by atoms with Crippen LogP contribution in [0, 0.1) is 6.07 Å². The molecule has 10 heavy (non-hydrogen) atoms. The molecule has 1 aliphatic rings. The van der Waals surface area contributed by atoms with Gasteiger partial charge < -0.3 is 9.47 Å². The molecular formula is C8H7O2. The summed E-state index contributed by atoms with van der Waals surface area (Å²) in [6, 6.07) is 8.73. The van der Waals surface area contributed by atoms with Gasteiger partial charge in [0, 0.05) is 11.6 Å². The van der Waals surface area contributed by atoms with Crippen molar-refractivity contribution in [2.75, 3.05) is 6.79 Å². The Kier molecular flexibility index (Phi) is 1.32. The van der Waals surface area contributed by atoms with Gasteiger partial charge in [0.05, 0.1) is 6.61 Å². The zero-order chi connectivity index (χ0) is 6.81. The molecule has 2 heteroatoms. The van der Waals surface area contributed by atoms with E-state index in [4.69, 9.17) is 9.47 Å². The molecular weight excluding hydrogens is 128 g/mol. The zero-order valence-corrected chi connectivity index (χ0v) is 5.46. The second-order valence-electron chi connectivity index (χ2n) is 2.14. The lowest BCUT2D eigenvalue weighted by Gasteiger charge is -2.15. The van der Waals surface area contributed by atoms with Gasteiger partial charge in [-0.3, -0.25) is 0 Å². The molecule has 0 unspecified atom stereocenters. The average Bonchev–Trinajstić information content (AvgIpc) is 2.05. The van der Waals surface area contributed by atoms with Gasteiger partial charge in [0.1, 0.15) is 5.75 Å². The summed E-state index contributed by atoms with van der Waals surface area (Å²) in [5, 5.41) is 0. The molecule has 0 aliphatic carbocycles. The normalized spacial score (nSPS) is 15.6. The first-order valence-electron chi connectivity index (χ1n) is 3.17. The summed E-state index contributed by atoms with van der Waals surface area (Å²) in [6.45, 7) is 1.00. The molecule has 1 heterocycles. The lowest BCUT2D eigenvalue weighted by atomic mass is 10.2. The average molecular weight is 135 g/mol. The predicted molar refractivity (Wildman–Crippen MR) is 35.6 cm³/mol. The standard InChI is InChI=1S/C8H7O2/c1-2-4-8-7(3-1)5-9-6-10-8/h1-3H,5-6H2. The van der Waals surface area contributed by atoms with Gasteiger partial charge in [0.15, 0.2) is 6.79 Å². The molecule has 0 saturated carbocycles. The third-order valence-electron chi connectivity index (χ3n) is 1.44. The molecule has 2 rings (SSSR count). The minimum atomic E-state index is 0.355. The molecule has 2 nitrogen and oxygen atoms in total. The van der Waals surface area contributed by atoms with E-state index in [1.165, 1.54) is 0 Å². The fourth-order valence-electron chi connectivity index (χ4n) is 0.957. The maximum absolute atomic E-state index is 5.15. The number of para-hydroxylation sites is 1. The van der Waals surface area contributed by atoms with Gasteiger partial charge >= 0.3 is 0 Å². The first-order chi connectivity index (χ1) is 4.97. The Balaban J connectivity index is 2.41. The summed E-state index contributed by atoms with van der Waals surface area (Å²) >= 11 is 0. The number of benzene rings is 1. The highest BCUT2D eigenvalue weighted by Crippen LogP contribution is 2.21. The number of ether oxygens (including phenoxy) is 2. The highest BCUT2D eigenvalue weighted by atomic mass is 16.7. The van der Waals surface area contributed by atoms with Crippen molar-refractivity contribution in [1.82, 2.24) is 0 Å². The predicted octanol–water partition coefficient (Wildman–Crippen LogP) is 1.35. The van der Waals surface area contributed by atoms with E-state index in [-0.39, 0.29) is 0 Å². The molecule has 0 saturated heterocycles. The topological polar surface area (TPSA) is 18.5 Å². The molecule has 1 radical (unpaired) electrons. The summed E-state index contributed by atoms with van der Waals surface area (Å²) in [5.41, 5.74) is 1.08. The Hall–Kier alpha value is -1.02. The molecule has 0 fully saturated rings. The molecule has 0 spiro atoms. The third-order valence-corrected chi connectivity index (χ3v) is 1.44. The number of rotatable bonds is 0. The molecule has 0 amide bonds. The van der Waals surface area contributed by atoms with Crippen LogP contribution in [0.3, 0.4) is 0 Å². The van der Waals surface area contributed by atoms with E-state index in [1.807, 2.05) is 18.2 Å². The van der Waals surface area contributed by atoms with Crippen LogP contribution in [-0.2, 0) is 11.3 Å². The van der Waals surface area contributed by atoms with Crippen molar-refractivity contribution in [3.8, 4) is 5.75 Å². The third kappa shape index (κ3) is 0.866. The Morgan fingerprint density at radius 3 is 3.40 bits per heavy atom. The Labute approximate surface area is 59.4 Å². The zero-order valence-electron chi connectivity index (χ0n) is 5.46. The maximum atomic E-state index is 5.15. The van der Waals surface area contributed by atoms with E-state index in [9.17, 15) is 0 Å². The van der Waals surface area contributed by atoms with E-state index in [0.29, 0.717) is 13.4 Å². The van der Waals surface area contributed by atoms with Crippen LogP contribution in [-0.4, -0.2) is 6.79 Å². The van der Waals surface area contributed by atoms with E-state index in [1.54, 1.807) is 0 Å². The summed E-state index contributed by atoms with van der Waals surface area (Å²) < 4.78 is 10.2. The van der Waals surface area contributed by atoms with Crippen LogP contribution < -0.4 is 4.74 Å². The number of hydrogen-bond acceptors (Lipinski definition) is 2. The molecule has 0 aromatic heterocycles. The monoisotopic (exact) mass is 135 g/mol. The van der Waals surface area contributed by atoms with Gasteiger partial charge in [-0.1, -0.05) is 18.2 Å². The minimum absolute atomic E-state index is 0.355. The molecule has 1 aliphatic heterocycles. The van der Waals surface area contributed by atoms with E-state index in [2.05, 4.69) is 6.07 Å². The molecule has 0 atom stereocenters. The lowest BCUT2D eigenvalue weighted by Crippen LogP contribution is -2.10. The Bertz CT molecular complexity index is 207. The van der Waals surface area contributed by atoms with Gasteiger partial charge in [0.25, 0.3) is 0 Å². The first-order valence-corrected chi connectivity index (χ1v) is 3.17. The van der Waals surface area contributed by atoms with E-state index in [0.717, 1.165) is 11.3 Å². The number of fused-ring (bicyclic) bond motifs is 1. The van der Waals surface area contributed by atoms with Gasteiger partial charge in [0.2, 0.25) is 0 Å². The first kappa shape index (κ1) is 5.74. The SMILES string of the molecule is [c]1cccc2c1OCOC2. The van der Waals surface area contributed by atoms with Crippen LogP contribution in [0.4, 0.5) is 0 Å². The highest BCUT2D eigenvalue weighted by Gasteiger charge is 2.07. The second kappa shape index (κ2) is 2.31. The van der Waals surface area contributed by atoms with Crippen molar-refractivity contribution >= 4 is 0 Å². The van der Waals surface area contributed by atoms with Gasteiger partial charge in [-0.05, 0) is 0 Å². The van der Waals surface area contributed by atoms with Crippen LogP contribution in [0.15, 0.2) is 18.2 Å². The Morgan fingerprint density at radius 2 is 2.50 bits per heavy atom. The van der Waals surface area contributed by atoms with Crippen molar-refractivity contribution in [2.24, 2.45) is 0 Å². The van der Waals surface area contributed by atoms with E-state index >= 15 is 0 Å². The highest BCUT2D eigenvalue weighted by molar-refractivity contribution is 5.31. The molecule has 1 aromatic carbocycles. The Morgan fingerprint density at radius 1 is 1.50 bits per heavy atom. The van der Waals surface area contributed by atoms with Crippen molar-refractivity contribution in [2.45, 2.75) is 6.61 Å². The fraction of sp³-hybridized carbons (Fsp3) is 0.250. The van der Waals surface area contributed by atoms with E-state index < -0.39 is 0 Å². The lowest BCUT2D eigenvalue weighted by molar-refractivity contribution is -0.0165. The van der Waals surface area contributed by atoms with Crippen LogP contribution in [0.5, 0.6) is 5.75 Å². The summed E-state index contributed by atoms with van der Waals surface area (Å²) in [5.74, 6) is 0.828. The van der Waals surface area contributed by atoms with Crippen LogP contribution >= 0.6 is 0 Å². The molecule has 51 valence electrons. The minimum Gasteiger partial charge on any atom is -0.467 e. The number of hydrogen-bond donors (Lipinski definition) is 0. The van der Waals surface area contributed by atoms with Gasteiger partial charge in [-0.25, -0.2) is 0 Å². The van der Waals surface area contributed by atoms with Crippen LogP contribution in [0.1, 0.15) is 5.56 Å². The van der Waals surface area contributed by atoms with Crippen LogP contribution in [0.2, 0.25) is 0 Å². The van der Waals surface area contributed by atoms with Crippen molar-refractivity contribution in [1.29, 1.82) is 0 Å². The second-order valence-corrected chi connectivity index (χ2v) is 2.14. The molecule has 1 aromatic rings. The van der Waals surface area contributed by atoms with Gasteiger partial charge in [-0.15, -0.1) is 0 Å². The van der Waals surface area contributed by atoms with Crippen molar-refractivity contribution < 1.29 is 9.47 Å². The maximum Gasteiger partial charge on any atom is 0.189 e. The molecule has 0 N–H and O–H groups in total.